The molecule has 0 bridgehead atoms. The van der Waals surface area contributed by atoms with Crippen molar-refractivity contribution in [1.82, 2.24) is 0 Å². The van der Waals surface area contributed by atoms with Crippen LogP contribution in [0, 0.1) is 0 Å². The Balaban J connectivity index is 2.51. The van der Waals surface area contributed by atoms with Gasteiger partial charge < -0.3 is 9.84 Å². The van der Waals surface area contributed by atoms with Crippen LogP contribution in [0.15, 0.2) is 24.3 Å². The van der Waals surface area contributed by atoms with Gasteiger partial charge in [0, 0.05) is 0 Å². The SMILES string of the molecule is CCCCCCCCOC(=O)C(S)(CCCC)Cc1ccc(O)cc1. The summed E-state index contributed by atoms with van der Waals surface area (Å²) in [4.78, 5) is 12.6. The number of phenols is 1. The summed E-state index contributed by atoms with van der Waals surface area (Å²) in [7, 11) is 0. The molecule has 142 valence electrons. The maximum absolute atomic E-state index is 12.6. The zero-order valence-corrected chi connectivity index (χ0v) is 16.7. The van der Waals surface area contributed by atoms with Gasteiger partial charge in [-0.1, -0.05) is 70.9 Å². The van der Waals surface area contributed by atoms with Gasteiger partial charge in [-0.3, -0.25) is 4.79 Å². The van der Waals surface area contributed by atoms with E-state index in [1.165, 1.54) is 25.7 Å². The molecule has 1 atom stereocenters. The van der Waals surface area contributed by atoms with Crippen molar-refractivity contribution < 1.29 is 14.6 Å². The van der Waals surface area contributed by atoms with Crippen LogP contribution in [-0.2, 0) is 16.0 Å². The Labute approximate surface area is 158 Å². The van der Waals surface area contributed by atoms with Gasteiger partial charge >= 0.3 is 5.97 Å². The second kappa shape index (κ2) is 12.2. The Bertz CT molecular complexity index is 486. The number of hydrogen-bond acceptors (Lipinski definition) is 4. The number of benzene rings is 1. The van der Waals surface area contributed by atoms with Crippen molar-refractivity contribution in [1.29, 1.82) is 0 Å². The number of unbranched alkanes of at least 4 members (excludes halogenated alkanes) is 6. The van der Waals surface area contributed by atoms with Crippen molar-refractivity contribution in [2.75, 3.05) is 6.61 Å². The smallest absolute Gasteiger partial charge is 0.322 e. The van der Waals surface area contributed by atoms with Gasteiger partial charge in [-0.2, -0.15) is 12.6 Å². The van der Waals surface area contributed by atoms with Gasteiger partial charge in [0.15, 0.2) is 0 Å². The third kappa shape index (κ3) is 8.66. The summed E-state index contributed by atoms with van der Waals surface area (Å²) in [5.41, 5.74) is 0.986. The summed E-state index contributed by atoms with van der Waals surface area (Å²) in [6.45, 7) is 4.80. The number of esters is 1. The molecule has 0 saturated heterocycles. The van der Waals surface area contributed by atoms with E-state index >= 15 is 0 Å². The quantitative estimate of drug-likeness (QED) is 0.267. The van der Waals surface area contributed by atoms with Crippen LogP contribution in [0.4, 0.5) is 0 Å². The lowest BCUT2D eigenvalue weighted by Gasteiger charge is -2.26. The van der Waals surface area contributed by atoms with Crippen molar-refractivity contribution in [3.05, 3.63) is 29.8 Å². The van der Waals surface area contributed by atoms with Crippen LogP contribution in [0.5, 0.6) is 5.75 Å². The minimum Gasteiger partial charge on any atom is -0.508 e. The van der Waals surface area contributed by atoms with E-state index in [9.17, 15) is 9.90 Å². The van der Waals surface area contributed by atoms with Crippen LogP contribution in [0.2, 0.25) is 0 Å². The molecule has 1 aromatic rings. The van der Waals surface area contributed by atoms with Crippen molar-refractivity contribution in [3.63, 3.8) is 0 Å². The maximum atomic E-state index is 12.6. The molecule has 1 rings (SSSR count). The average molecular weight is 367 g/mol. The highest BCUT2D eigenvalue weighted by Gasteiger charge is 2.35. The molecule has 0 saturated carbocycles. The third-order valence-corrected chi connectivity index (χ3v) is 5.05. The van der Waals surface area contributed by atoms with E-state index in [4.69, 9.17) is 17.4 Å². The van der Waals surface area contributed by atoms with E-state index in [2.05, 4.69) is 13.8 Å². The molecule has 0 spiro atoms. The topological polar surface area (TPSA) is 46.5 Å². The normalized spacial score (nSPS) is 13.4. The van der Waals surface area contributed by atoms with Crippen LogP contribution in [0.1, 0.15) is 77.2 Å². The molecular formula is C21H34O3S. The zero-order valence-electron chi connectivity index (χ0n) is 15.8. The molecule has 0 radical (unpaired) electrons. The van der Waals surface area contributed by atoms with E-state index < -0.39 is 4.75 Å². The zero-order chi connectivity index (χ0) is 18.5. The van der Waals surface area contributed by atoms with Crippen molar-refractivity contribution in [3.8, 4) is 5.75 Å². The van der Waals surface area contributed by atoms with Crippen LogP contribution >= 0.6 is 12.6 Å². The van der Waals surface area contributed by atoms with Crippen LogP contribution < -0.4 is 0 Å². The first-order chi connectivity index (χ1) is 12.0. The van der Waals surface area contributed by atoms with Crippen molar-refractivity contribution in [2.24, 2.45) is 0 Å². The Morgan fingerprint density at radius 2 is 1.60 bits per heavy atom. The molecule has 25 heavy (non-hydrogen) atoms. The van der Waals surface area contributed by atoms with Crippen molar-refractivity contribution >= 4 is 18.6 Å². The summed E-state index contributed by atoms with van der Waals surface area (Å²) < 4.78 is 4.75. The van der Waals surface area contributed by atoms with Gasteiger partial charge in [-0.15, -0.1) is 0 Å². The number of phenolic OH excluding ortho intramolecular Hbond substituents is 1. The molecule has 0 aromatic heterocycles. The van der Waals surface area contributed by atoms with Gasteiger partial charge in [0.2, 0.25) is 0 Å². The molecule has 0 heterocycles. The highest BCUT2D eigenvalue weighted by molar-refractivity contribution is 7.82. The van der Waals surface area contributed by atoms with Gasteiger partial charge in [0.05, 0.1) is 6.61 Å². The lowest BCUT2D eigenvalue weighted by atomic mass is 9.93. The fourth-order valence-electron chi connectivity index (χ4n) is 2.86. The summed E-state index contributed by atoms with van der Waals surface area (Å²) in [5, 5.41) is 9.42. The second-order valence-electron chi connectivity index (χ2n) is 6.88. The van der Waals surface area contributed by atoms with E-state index in [0.717, 1.165) is 31.2 Å². The van der Waals surface area contributed by atoms with E-state index in [0.29, 0.717) is 19.4 Å². The lowest BCUT2D eigenvalue weighted by Crippen LogP contribution is -2.37. The average Bonchev–Trinajstić information content (AvgIpc) is 2.61. The number of rotatable bonds is 13. The minimum atomic E-state index is -0.796. The monoisotopic (exact) mass is 366 g/mol. The Hall–Kier alpha value is -1.16. The fourth-order valence-corrected chi connectivity index (χ4v) is 3.27. The van der Waals surface area contributed by atoms with E-state index in [-0.39, 0.29) is 11.7 Å². The molecule has 4 heteroatoms. The summed E-state index contributed by atoms with van der Waals surface area (Å²) >= 11 is 4.72. The molecule has 0 amide bonds. The predicted molar refractivity (Wildman–Crippen MR) is 107 cm³/mol. The number of carbonyl (C=O) groups excluding carboxylic acids is 1. The lowest BCUT2D eigenvalue weighted by molar-refractivity contribution is -0.147. The molecule has 0 aliphatic rings. The summed E-state index contributed by atoms with van der Waals surface area (Å²) in [6.07, 6.45) is 10.2. The number of ether oxygens (including phenoxy) is 1. The van der Waals surface area contributed by atoms with Crippen LogP contribution in [-0.4, -0.2) is 22.4 Å². The molecular weight excluding hydrogens is 332 g/mol. The molecule has 1 N–H and O–H groups in total. The highest BCUT2D eigenvalue weighted by atomic mass is 32.1. The first-order valence-electron chi connectivity index (χ1n) is 9.69. The fraction of sp³-hybridized carbons (Fsp3) is 0.667. The summed E-state index contributed by atoms with van der Waals surface area (Å²) in [6, 6.07) is 6.97. The molecule has 0 aliphatic carbocycles. The van der Waals surface area contributed by atoms with Gasteiger partial charge in [0.1, 0.15) is 10.5 Å². The first kappa shape index (κ1) is 21.9. The number of carbonyl (C=O) groups is 1. The van der Waals surface area contributed by atoms with Gasteiger partial charge in [-0.05, 0) is 37.0 Å². The van der Waals surface area contributed by atoms with Gasteiger partial charge in [-0.25, -0.2) is 0 Å². The number of thiol groups is 1. The van der Waals surface area contributed by atoms with Crippen LogP contribution in [0.3, 0.4) is 0 Å². The third-order valence-electron chi connectivity index (χ3n) is 4.49. The molecule has 0 aliphatic heterocycles. The van der Waals surface area contributed by atoms with Gasteiger partial charge in [0.25, 0.3) is 0 Å². The predicted octanol–water partition coefficient (Wildman–Crippen LogP) is 5.70. The Morgan fingerprint density at radius 1 is 1.00 bits per heavy atom. The first-order valence-corrected chi connectivity index (χ1v) is 10.1. The van der Waals surface area contributed by atoms with E-state index in [1.807, 2.05) is 12.1 Å². The molecule has 0 fully saturated rings. The highest BCUT2D eigenvalue weighted by Crippen LogP contribution is 2.29. The Morgan fingerprint density at radius 3 is 2.24 bits per heavy atom. The minimum absolute atomic E-state index is 0.217. The maximum Gasteiger partial charge on any atom is 0.322 e. The Kier molecular flexibility index (Phi) is 10.7. The molecule has 1 unspecified atom stereocenters. The number of aromatic hydroxyl groups is 1. The van der Waals surface area contributed by atoms with E-state index in [1.54, 1.807) is 12.1 Å². The molecule has 1 aromatic carbocycles. The van der Waals surface area contributed by atoms with Crippen molar-refractivity contribution in [2.45, 2.75) is 82.8 Å². The largest absolute Gasteiger partial charge is 0.508 e. The standard InChI is InChI=1S/C21H34O3S/c1-3-5-7-8-9-10-16-24-20(23)21(25,15-6-4-2)17-18-11-13-19(22)14-12-18/h11-14,22,25H,3-10,15-17H2,1-2H3. The van der Waals surface area contributed by atoms with Crippen LogP contribution in [0.25, 0.3) is 0 Å². The number of hydrogen-bond donors (Lipinski definition) is 2. The molecule has 3 nitrogen and oxygen atoms in total. The summed E-state index contributed by atoms with van der Waals surface area (Å²) in [5.74, 6) is 0.0126. The second-order valence-corrected chi connectivity index (χ2v) is 7.74.